The number of thioether (sulfide) groups is 1. The molecular weight excluding hydrogens is 564 g/mol. The summed E-state index contributed by atoms with van der Waals surface area (Å²) in [4.78, 5) is 45.0. The predicted molar refractivity (Wildman–Crippen MR) is 166 cm³/mol. The minimum atomic E-state index is -0.465. The maximum atomic E-state index is 12.0. The lowest BCUT2D eigenvalue weighted by atomic mass is 9.88. The second kappa shape index (κ2) is 16.5. The number of nitrogens with zero attached hydrogens (tertiary/aromatic N) is 3. The van der Waals surface area contributed by atoms with Gasteiger partial charge in [0.15, 0.2) is 5.04 Å². The van der Waals surface area contributed by atoms with Gasteiger partial charge in [0.25, 0.3) is 11.8 Å². The monoisotopic (exact) mass is 604 g/mol. The molecule has 1 saturated heterocycles. The third-order valence-corrected chi connectivity index (χ3v) is 8.08. The number of aromatic amines is 1. The van der Waals surface area contributed by atoms with E-state index in [9.17, 15) is 14.4 Å². The minimum Gasteiger partial charge on any atom is -0.378 e. The first-order valence-corrected chi connectivity index (χ1v) is 15.5. The molecule has 5 N–H and O–H groups in total. The molecule has 0 unspecified atom stereocenters. The lowest BCUT2D eigenvalue weighted by Gasteiger charge is -2.31. The number of H-pyrrole nitrogens is 1. The summed E-state index contributed by atoms with van der Waals surface area (Å²) in [6, 6.07) is 7.03. The van der Waals surface area contributed by atoms with Gasteiger partial charge < -0.3 is 31.0 Å². The Morgan fingerprint density at radius 1 is 1.07 bits per heavy atom. The van der Waals surface area contributed by atoms with Crippen molar-refractivity contribution in [1.82, 2.24) is 14.8 Å². The van der Waals surface area contributed by atoms with Gasteiger partial charge in [-0.3, -0.25) is 14.4 Å². The normalized spacial score (nSPS) is 18.5. The number of hydrogen-bond donors (Lipinski definition) is 3. The average Bonchev–Trinajstić information content (AvgIpc) is 3.42. The van der Waals surface area contributed by atoms with E-state index in [1.54, 1.807) is 24.5 Å². The fraction of sp³-hybridized carbons (Fsp3) is 0.517. The fourth-order valence-electron chi connectivity index (χ4n) is 4.82. The first-order chi connectivity index (χ1) is 19.7. The molecule has 0 bridgehead atoms. The number of aromatic nitrogens is 1. The maximum Gasteiger partial charge on any atom is 0.273 e. The van der Waals surface area contributed by atoms with Crippen molar-refractivity contribution >= 4 is 57.0 Å². The molecule has 3 amide bonds. The van der Waals surface area contributed by atoms with E-state index >= 15 is 0 Å². The van der Waals surface area contributed by atoms with Crippen molar-refractivity contribution in [3.63, 3.8) is 0 Å². The molecule has 2 aromatic rings. The lowest BCUT2D eigenvalue weighted by molar-refractivity contribution is -0.140. The zero-order chi connectivity index (χ0) is 29.8. The van der Waals surface area contributed by atoms with Gasteiger partial charge in [-0.25, -0.2) is 4.99 Å². The van der Waals surface area contributed by atoms with Crippen molar-refractivity contribution in [2.75, 3.05) is 52.7 Å². The standard InChI is InChI=1S/C11H19NO2.C9H7ClN2O.C9H15N3OS/c13-11(10-4-2-1-3-5-10)12-6-8-14-9-7-12;10-6-1-2-7-5(3-6)4-8(12-7)9(11)13;1-12-5-3-7(4-6-12)11-9(14-2)8(10)13/h10H,1-9H2;1-4,12H,(H2,11,13);3H,4-6H2,1-2H3,(H2,10,13). The summed E-state index contributed by atoms with van der Waals surface area (Å²) in [5.74, 6) is -0.209. The van der Waals surface area contributed by atoms with Gasteiger partial charge in [0.1, 0.15) is 5.69 Å². The smallest absolute Gasteiger partial charge is 0.273 e. The molecule has 0 spiro atoms. The number of primary amides is 2. The van der Waals surface area contributed by atoms with E-state index in [0.29, 0.717) is 27.6 Å². The number of nitrogens with one attached hydrogen (secondary N) is 1. The van der Waals surface area contributed by atoms with Crippen molar-refractivity contribution < 1.29 is 19.1 Å². The highest BCUT2D eigenvalue weighted by Crippen LogP contribution is 2.25. The summed E-state index contributed by atoms with van der Waals surface area (Å²) in [6.45, 7) is 4.91. The molecule has 1 saturated carbocycles. The summed E-state index contributed by atoms with van der Waals surface area (Å²) in [5, 5.41) is 1.92. The molecule has 0 atom stereocenters. The molecule has 5 rings (SSSR count). The van der Waals surface area contributed by atoms with Crippen LogP contribution in [0.25, 0.3) is 10.9 Å². The van der Waals surface area contributed by atoms with Crippen LogP contribution in [0.1, 0.15) is 49.0 Å². The second-order valence-electron chi connectivity index (χ2n) is 10.2. The highest BCUT2D eigenvalue weighted by molar-refractivity contribution is 8.15. The van der Waals surface area contributed by atoms with E-state index in [2.05, 4.69) is 21.9 Å². The van der Waals surface area contributed by atoms with Crippen molar-refractivity contribution in [1.29, 1.82) is 0 Å². The maximum absolute atomic E-state index is 12.0. The van der Waals surface area contributed by atoms with Crippen LogP contribution in [-0.4, -0.2) is 90.2 Å². The Morgan fingerprint density at radius 3 is 2.37 bits per heavy atom. The third-order valence-electron chi connectivity index (χ3n) is 7.16. The Labute approximate surface area is 250 Å². The van der Waals surface area contributed by atoms with Crippen LogP contribution in [0.2, 0.25) is 5.02 Å². The highest BCUT2D eigenvalue weighted by Gasteiger charge is 2.26. The van der Waals surface area contributed by atoms with E-state index in [0.717, 1.165) is 75.3 Å². The van der Waals surface area contributed by atoms with E-state index < -0.39 is 11.8 Å². The lowest BCUT2D eigenvalue weighted by Crippen LogP contribution is -2.44. The Kier molecular flexibility index (Phi) is 13.2. The number of ether oxygens (including phenoxy) is 1. The molecule has 0 radical (unpaired) electrons. The van der Waals surface area contributed by atoms with Crippen molar-refractivity contribution in [3.05, 3.63) is 46.8 Å². The molecule has 12 heteroatoms. The summed E-state index contributed by atoms with van der Waals surface area (Å²) < 4.78 is 5.24. The molecular formula is C29H41ClN6O4S. The van der Waals surface area contributed by atoms with Crippen LogP contribution < -0.4 is 11.5 Å². The Bertz CT molecular complexity index is 1230. The third kappa shape index (κ3) is 10.5. The van der Waals surface area contributed by atoms with Gasteiger partial charge in [0.05, 0.1) is 13.2 Å². The highest BCUT2D eigenvalue weighted by atomic mass is 35.5. The largest absolute Gasteiger partial charge is 0.378 e. The van der Waals surface area contributed by atoms with Crippen LogP contribution in [-0.2, 0) is 14.3 Å². The van der Waals surface area contributed by atoms with Gasteiger partial charge in [-0.05, 0) is 56.5 Å². The number of amides is 3. The summed E-state index contributed by atoms with van der Waals surface area (Å²) in [6.07, 6.45) is 10.7. The molecule has 1 aromatic carbocycles. The van der Waals surface area contributed by atoms with Crippen LogP contribution >= 0.6 is 23.4 Å². The van der Waals surface area contributed by atoms with Crippen LogP contribution in [0.15, 0.2) is 41.0 Å². The van der Waals surface area contributed by atoms with Gasteiger partial charge in [0, 0.05) is 60.1 Å². The molecule has 1 aliphatic carbocycles. The summed E-state index contributed by atoms with van der Waals surface area (Å²) >= 11 is 7.07. The molecule has 3 heterocycles. The van der Waals surface area contributed by atoms with E-state index in [1.807, 2.05) is 17.0 Å². The topological polar surface area (TPSA) is 147 Å². The van der Waals surface area contributed by atoms with E-state index in [1.165, 1.54) is 31.0 Å². The molecule has 10 nitrogen and oxygen atoms in total. The van der Waals surface area contributed by atoms with Gasteiger partial charge in [-0.1, -0.05) is 30.9 Å². The molecule has 3 aliphatic rings. The first-order valence-electron chi connectivity index (χ1n) is 13.9. The van der Waals surface area contributed by atoms with Crippen molar-refractivity contribution in [3.8, 4) is 0 Å². The van der Waals surface area contributed by atoms with Crippen LogP contribution in [0.3, 0.4) is 0 Å². The van der Waals surface area contributed by atoms with Gasteiger partial charge in [-0.2, -0.15) is 0 Å². The molecule has 2 aliphatic heterocycles. The number of hydrogen-bond acceptors (Lipinski definition) is 7. The predicted octanol–water partition coefficient (Wildman–Crippen LogP) is 3.80. The average molecular weight is 605 g/mol. The number of rotatable bonds is 3. The zero-order valence-corrected chi connectivity index (χ0v) is 25.4. The van der Waals surface area contributed by atoms with E-state index in [4.69, 9.17) is 27.8 Å². The number of carbonyl (C=O) groups is 3. The molecule has 1 aromatic heterocycles. The van der Waals surface area contributed by atoms with Gasteiger partial charge in [0.2, 0.25) is 5.91 Å². The Hall–Kier alpha value is -2.86. The molecule has 224 valence electrons. The Balaban J connectivity index is 0.000000169. The quantitative estimate of drug-likeness (QED) is 0.359. The number of aliphatic imine (C=N–C) groups is 1. The molecule has 41 heavy (non-hydrogen) atoms. The number of benzene rings is 1. The zero-order valence-electron chi connectivity index (χ0n) is 23.9. The molecule has 2 fully saturated rings. The van der Waals surface area contributed by atoms with E-state index in [-0.39, 0.29) is 0 Å². The van der Waals surface area contributed by atoms with Crippen molar-refractivity contribution in [2.45, 2.75) is 38.5 Å². The Morgan fingerprint density at radius 2 is 1.78 bits per heavy atom. The van der Waals surface area contributed by atoms with Gasteiger partial charge >= 0.3 is 0 Å². The number of fused-ring (bicyclic) bond motifs is 1. The van der Waals surface area contributed by atoms with Gasteiger partial charge in [-0.15, -0.1) is 11.8 Å². The number of carbonyl (C=O) groups excluding carboxylic acids is 3. The number of nitrogens with two attached hydrogens (primary N) is 2. The number of halogens is 1. The second-order valence-corrected chi connectivity index (χ2v) is 11.5. The number of morpholine rings is 1. The van der Waals surface area contributed by atoms with Crippen molar-refractivity contribution in [2.24, 2.45) is 22.4 Å². The SMILES string of the molecule is CSC(=NC1=CCN(C)CC1)C(N)=O.NC(=O)c1cc2cc(Cl)ccc2[nH]1.O=C(C1CCCCC1)N1CCOCC1. The fourth-order valence-corrected chi connectivity index (χ4v) is 5.41. The summed E-state index contributed by atoms with van der Waals surface area (Å²) in [5.41, 5.74) is 12.5. The van der Waals surface area contributed by atoms with Crippen LogP contribution in [0.4, 0.5) is 0 Å². The number of likely N-dealkylation sites (N-methyl/N-ethyl adjacent to an activating group) is 1. The summed E-state index contributed by atoms with van der Waals surface area (Å²) in [7, 11) is 2.06. The van der Waals surface area contributed by atoms with Crippen LogP contribution in [0.5, 0.6) is 0 Å². The minimum absolute atomic E-state index is 0.321. The first kappa shape index (κ1) is 32.7. The van der Waals surface area contributed by atoms with Crippen LogP contribution in [0, 0.1) is 5.92 Å².